The molecular formula is C17H20N2O2S. The number of piperidine rings is 1. The predicted octanol–water partition coefficient (Wildman–Crippen LogP) is 2.96. The second kappa shape index (κ2) is 6.18. The topological polar surface area (TPSA) is 50.3 Å². The molecule has 1 aromatic carbocycles. The lowest BCUT2D eigenvalue weighted by Crippen LogP contribution is -2.37. The lowest BCUT2D eigenvalue weighted by molar-refractivity contribution is 0.319. The minimum Gasteiger partial charge on any atom is -0.264 e. The number of aromatic nitrogens is 1. The molecule has 1 aliphatic rings. The minimum absolute atomic E-state index is 0.387. The van der Waals surface area contributed by atoms with Gasteiger partial charge in [0.05, 0.1) is 4.90 Å². The normalized spacial score (nSPS) is 17.5. The van der Waals surface area contributed by atoms with Gasteiger partial charge in [-0.3, -0.25) is 4.98 Å². The van der Waals surface area contributed by atoms with E-state index in [4.69, 9.17) is 0 Å². The lowest BCUT2D eigenvalue weighted by Gasteiger charge is -2.31. The van der Waals surface area contributed by atoms with Crippen molar-refractivity contribution in [3.63, 3.8) is 0 Å². The van der Waals surface area contributed by atoms with Crippen LogP contribution in [0.2, 0.25) is 0 Å². The first-order valence-electron chi connectivity index (χ1n) is 7.54. The molecule has 2 heterocycles. The number of benzene rings is 1. The molecule has 0 bridgehead atoms. The fourth-order valence-corrected chi connectivity index (χ4v) is 4.38. The van der Waals surface area contributed by atoms with Crippen molar-refractivity contribution < 1.29 is 8.42 Å². The van der Waals surface area contributed by atoms with Crippen molar-refractivity contribution in [2.75, 3.05) is 13.1 Å². The standard InChI is InChI=1S/C17H20N2O2S/c1-14-4-6-17(7-5-14)22(20,21)19-11-8-15(9-12-19)16-3-2-10-18-13-16/h2-7,10,13,15H,8-9,11-12H2,1H3. The number of sulfonamides is 1. The van der Waals surface area contributed by atoms with Gasteiger partial charge in [0.25, 0.3) is 0 Å². The zero-order valence-corrected chi connectivity index (χ0v) is 13.5. The van der Waals surface area contributed by atoms with E-state index >= 15 is 0 Å². The predicted molar refractivity (Wildman–Crippen MR) is 86.1 cm³/mol. The molecule has 0 aliphatic carbocycles. The van der Waals surface area contributed by atoms with E-state index < -0.39 is 10.0 Å². The van der Waals surface area contributed by atoms with E-state index in [0.717, 1.165) is 18.4 Å². The Labute approximate surface area is 131 Å². The van der Waals surface area contributed by atoms with Gasteiger partial charge >= 0.3 is 0 Å². The van der Waals surface area contributed by atoms with Crippen LogP contribution in [0.5, 0.6) is 0 Å². The Morgan fingerprint density at radius 2 is 1.77 bits per heavy atom. The van der Waals surface area contributed by atoms with Crippen LogP contribution in [0.1, 0.15) is 29.9 Å². The quantitative estimate of drug-likeness (QED) is 0.875. The number of hydrogen-bond acceptors (Lipinski definition) is 3. The van der Waals surface area contributed by atoms with Gasteiger partial charge in [0.2, 0.25) is 10.0 Å². The zero-order valence-electron chi connectivity index (χ0n) is 12.6. The van der Waals surface area contributed by atoms with E-state index in [1.165, 1.54) is 5.56 Å². The zero-order chi connectivity index (χ0) is 15.6. The summed E-state index contributed by atoms with van der Waals surface area (Å²) in [5, 5.41) is 0. The van der Waals surface area contributed by atoms with Gasteiger partial charge in [-0.1, -0.05) is 23.8 Å². The van der Waals surface area contributed by atoms with Gasteiger partial charge < -0.3 is 0 Å². The largest absolute Gasteiger partial charge is 0.264 e. The Morgan fingerprint density at radius 1 is 1.09 bits per heavy atom. The first kappa shape index (κ1) is 15.2. The van der Waals surface area contributed by atoms with Crippen molar-refractivity contribution in [2.45, 2.75) is 30.6 Å². The second-order valence-corrected chi connectivity index (χ2v) is 7.72. The summed E-state index contributed by atoms with van der Waals surface area (Å²) in [7, 11) is -3.37. The van der Waals surface area contributed by atoms with E-state index in [-0.39, 0.29) is 0 Å². The molecule has 1 aliphatic heterocycles. The van der Waals surface area contributed by atoms with E-state index in [1.54, 1.807) is 22.6 Å². The van der Waals surface area contributed by atoms with Crippen LogP contribution in [-0.2, 0) is 10.0 Å². The van der Waals surface area contributed by atoms with Crippen LogP contribution in [0, 0.1) is 6.92 Å². The third kappa shape index (κ3) is 3.05. The van der Waals surface area contributed by atoms with Crippen LogP contribution in [-0.4, -0.2) is 30.8 Å². The Hall–Kier alpha value is -1.72. The van der Waals surface area contributed by atoms with Crippen LogP contribution in [0.4, 0.5) is 0 Å². The molecule has 5 heteroatoms. The van der Waals surface area contributed by atoms with Crippen molar-refractivity contribution in [1.29, 1.82) is 0 Å². The summed E-state index contributed by atoms with van der Waals surface area (Å²) >= 11 is 0. The van der Waals surface area contributed by atoms with E-state index in [1.807, 2.05) is 31.3 Å². The van der Waals surface area contributed by atoms with Crippen LogP contribution < -0.4 is 0 Å². The summed E-state index contributed by atoms with van der Waals surface area (Å²) in [4.78, 5) is 4.54. The van der Waals surface area contributed by atoms with Gasteiger partial charge in [-0.25, -0.2) is 8.42 Å². The first-order chi connectivity index (χ1) is 10.6. The summed E-state index contributed by atoms with van der Waals surface area (Å²) in [5.41, 5.74) is 2.27. The molecule has 0 unspecified atom stereocenters. The Morgan fingerprint density at radius 3 is 2.36 bits per heavy atom. The van der Waals surface area contributed by atoms with Crippen molar-refractivity contribution in [1.82, 2.24) is 9.29 Å². The molecule has 0 saturated carbocycles. The summed E-state index contributed by atoms with van der Waals surface area (Å²) in [6.45, 7) is 3.08. The van der Waals surface area contributed by atoms with Gasteiger partial charge in [-0.2, -0.15) is 4.31 Å². The molecular weight excluding hydrogens is 296 g/mol. The molecule has 1 saturated heterocycles. The summed E-state index contributed by atoms with van der Waals surface area (Å²) < 4.78 is 26.9. The summed E-state index contributed by atoms with van der Waals surface area (Å²) in [5.74, 6) is 0.401. The summed E-state index contributed by atoms with van der Waals surface area (Å²) in [6.07, 6.45) is 5.34. The molecule has 116 valence electrons. The fraction of sp³-hybridized carbons (Fsp3) is 0.353. The lowest BCUT2D eigenvalue weighted by atomic mass is 9.91. The van der Waals surface area contributed by atoms with E-state index in [2.05, 4.69) is 11.1 Å². The maximum atomic E-state index is 12.7. The van der Waals surface area contributed by atoms with Crippen LogP contribution in [0.25, 0.3) is 0 Å². The highest BCUT2D eigenvalue weighted by Crippen LogP contribution is 2.30. The van der Waals surface area contributed by atoms with Gasteiger partial charge in [0.15, 0.2) is 0 Å². The van der Waals surface area contributed by atoms with Crippen molar-refractivity contribution >= 4 is 10.0 Å². The van der Waals surface area contributed by atoms with Gasteiger partial charge in [-0.05, 0) is 49.4 Å². The molecule has 0 atom stereocenters. The molecule has 0 radical (unpaired) electrons. The number of hydrogen-bond donors (Lipinski definition) is 0. The molecule has 1 fully saturated rings. The molecule has 0 spiro atoms. The smallest absolute Gasteiger partial charge is 0.243 e. The molecule has 22 heavy (non-hydrogen) atoms. The van der Waals surface area contributed by atoms with Gasteiger partial charge in [0, 0.05) is 25.5 Å². The fourth-order valence-electron chi connectivity index (χ4n) is 2.91. The van der Waals surface area contributed by atoms with Crippen LogP contribution >= 0.6 is 0 Å². The minimum atomic E-state index is -3.37. The van der Waals surface area contributed by atoms with E-state index in [0.29, 0.717) is 23.9 Å². The Bertz CT molecular complexity index is 719. The highest BCUT2D eigenvalue weighted by atomic mass is 32.2. The molecule has 1 aromatic heterocycles. The Kier molecular flexibility index (Phi) is 4.27. The average molecular weight is 316 g/mol. The van der Waals surface area contributed by atoms with E-state index in [9.17, 15) is 8.42 Å². The number of nitrogens with zero attached hydrogens (tertiary/aromatic N) is 2. The second-order valence-electron chi connectivity index (χ2n) is 5.78. The van der Waals surface area contributed by atoms with Crippen LogP contribution in [0.15, 0.2) is 53.7 Å². The molecule has 2 aromatic rings. The van der Waals surface area contributed by atoms with Gasteiger partial charge in [0.1, 0.15) is 0 Å². The molecule has 0 amide bonds. The molecule has 3 rings (SSSR count). The van der Waals surface area contributed by atoms with Crippen molar-refractivity contribution in [2.24, 2.45) is 0 Å². The highest BCUT2D eigenvalue weighted by Gasteiger charge is 2.29. The van der Waals surface area contributed by atoms with Crippen molar-refractivity contribution in [3.05, 3.63) is 59.9 Å². The number of rotatable bonds is 3. The first-order valence-corrected chi connectivity index (χ1v) is 8.98. The third-order valence-corrected chi connectivity index (χ3v) is 6.18. The van der Waals surface area contributed by atoms with Crippen molar-refractivity contribution in [3.8, 4) is 0 Å². The maximum absolute atomic E-state index is 12.7. The highest BCUT2D eigenvalue weighted by molar-refractivity contribution is 7.89. The number of pyridine rings is 1. The van der Waals surface area contributed by atoms with Gasteiger partial charge in [-0.15, -0.1) is 0 Å². The maximum Gasteiger partial charge on any atom is 0.243 e. The van der Waals surface area contributed by atoms with Crippen LogP contribution in [0.3, 0.4) is 0 Å². The third-order valence-electron chi connectivity index (χ3n) is 4.27. The Balaban J connectivity index is 1.72. The SMILES string of the molecule is Cc1ccc(S(=O)(=O)N2CCC(c3cccnc3)CC2)cc1. The molecule has 0 N–H and O–H groups in total. The average Bonchev–Trinajstić information content (AvgIpc) is 2.56. The summed E-state index contributed by atoms with van der Waals surface area (Å²) in [6, 6.07) is 11.1. The number of aryl methyl sites for hydroxylation is 1. The molecule has 4 nitrogen and oxygen atoms in total. The monoisotopic (exact) mass is 316 g/mol.